The molecule has 0 unspecified atom stereocenters. The normalized spacial score (nSPS) is 13.1. The first-order valence-electron chi connectivity index (χ1n) is 9.30. The smallest absolute Gasteiger partial charge is 0.267 e. The highest BCUT2D eigenvalue weighted by Crippen LogP contribution is 2.42. The molecule has 1 aromatic heterocycles. The molecule has 1 N–H and O–H groups in total. The maximum Gasteiger partial charge on any atom is 0.267 e. The summed E-state index contributed by atoms with van der Waals surface area (Å²) in [5, 5.41) is 17.7. The number of aromatic nitrogens is 1. The van der Waals surface area contributed by atoms with Gasteiger partial charge in [0.25, 0.3) is 5.56 Å². The predicted octanol–water partition coefficient (Wildman–Crippen LogP) is 4.08. The van der Waals surface area contributed by atoms with E-state index in [0.717, 1.165) is 27.8 Å². The Kier molecular flexibility index (Phi) is 4.43. The summed E-state index contributed by atoms with van der Waals surface area (Å²) in [6.45, 7) is 0. The SMILES string of the molecule is N#CC(N=Nc1ccccc1)=c1[nH]c(=O)c(=C2c3ccccc3-c3ccccc32)s1. The minimum absolute atomic E-state index is 0.0763. The zero-order valence-electron chi connectivity index (χ0n) is 15.7. The van der Waals surface area contributed by atoms with Crippen LogP contribution in [0.25, 0.3) is 22.4 Å². The van der Waals surface area contributed by atoms with E-state index < -0.39 is 0 Å². The summed E-state index contributed by atoms with van der Waals surface area (Å²) >= 11 is 1.23. The molecule has 0 aliphatic heterocycles. The van der Waals surface area contributed by atoms with Gasteiger partial charge < -0.3 is 4.98 Å². The van der Waals surface area contributed by atoms with Gasteiger partial charge in [0.1, 0.15) is 15.3 Å². The zero-order chi connectivity index (χ0) is 20.5. The summed E-state index contributed by atoms with van der Waals surface area (Å²) in [7, 11) is 0. The Morgan fingerprint density at radius 3 is 2.00 bits per heavy atom. The summed E-state index contributed by atoms with van der Waals surface area (Å²) < 4.78 is 0.955. The Balaban J connectivity index is 1.76. The van der Waals surface area contributed by atoms with Crippen LogP contribution in [0.5, 0.6) is 0 Å². The standard InChI is InChI=1S/C24H14N4OS/c25-14-20(28-27-15-8-2-1-3-9-15)24-26-23(29)22(30-24)21-18-12-6-4-10-16(18)17-11-5-7-13-19(17)21/h1-13H,(H,26,29). The third kappa shape index (κ3) is 2.98. The van der Waals surface area contributed by atoms with Crippen LogP contribution in [0.15, 0.2) is 93.9 Å². The molecule has 1 heterocycles. The van der Waals surface area contributed by atoms with E-state index in [0.29, 0.717) is 14.9 Å². The van der Waals surface area contributed by atoms with Gasteiger partial charge in [0.2, 0.25) is 0 Å². The van der Waals surface area contributed by atoms with Crippen LogP contribution in [0, 0.1) is 11.3 Å². The number of rotatable bonds is 2. The molecule has 142 valence electrons. The lowest BCUT2D eigenvalue weighted by molar-refractivity contribution is 1.19. The number of hydrogen-bond acceptors (Lipinski definition) is 5. The van der Waals surface area contributed by atoms with Gasteiger partial charge in [-0.15, -0.1) is 21.6 Å². The van der Waals surface area contributed by atoms with Crippen LogP contribution in [-0.4, -0.2) is 4.98 Å². The average Bonchev–Trinajstić information content (AvgIpc) is 3.32. The van der Waals surface area contributed by atoms with Gasteiger partial charge in [-0.1, -0.05) is 66.7 Å². The molecule has 1 aliphatic carbocycles. The Morgan fingerprint density at radius 2 is 1.40 bits per heavy atom. The van der Waals surface area contributed by atoms with Crippen molar-refractivity contribution in [3.63, 3.8) is 0 Å². The molecule has 0 radical (unpaired) electrons. The number of thiazole rings is 1. The lowest BCUT2D eigenvalue weighted by Crippen LogP contribution is -2.23. The van der Waals surface area contributed by atoms with Crippen molar-refractivity contribution >= 4 is 28.3 Å². The topological polar surface area (TPSA) is 81.4 Å². The van der Waals surface area contributed by atoms with Crippen molar-refractivity contribution < 1.29 is 0 Å². The van der Waals surface area contributed by atoms with Gasteiger partial charge in [-0.3, -0.25) is 4.79 Å². The zero-order valence-corrected chi connectivity index (χ0v) is 16.5. The van der Waals surface area contributed by atoms with Crippen molar-refractivity contribution in [3.05, 3.63) is 110 Å². The number of azo groups is 1. The fourth-order valence-corrected chi connectivity index (χ4v) is 4.59. The lowest BCUT2D eigenvalue weighted by atomic mass is 10.1. The summed E-state index contributed by atoms with van der Waals surface area (Å²) in [6.07, 6.45) is 0. The Labute approximate surface area is 175 Å². The Morgan fingerprint density at radius 1 is 0.833 bits per heavy atom. The van der Waals surface area contributed by atoms with E-state index in [1.807, 2.05) is 60.7 Å². The van der Waals surface area contributed by atoms with E-state index in [1.54, 1.807) is 12.1 Å². The maximum absolute atomic E-state index is 12.9. The first-order chi connectivity index (χ1) is 14.8. The largest absolute Gasteiger partial charge is 0.310 e. The highest BCUT2D eigenvalue weighted by molar-refractivity contribution is 7.07. The molecule has 0 saturated carbocycles. The molecule has 0 bridgehead atoms. The molecule has 0 amide bonds. The van der Waals surface area contributed by atoms with Crippen molar-refractivity contribution in [1.29, 1.82) is 5.26 Å². The minimum Gasteiger partial charge on any atom is -0.310 e. The number of H-pyrrole nitrogens is 1. The van der Waals surface area contributed by atoms with Crippen molar-refractivity contribution in [2.45, 2.75) is 0 Å². The summed E-state index contributed by atoms with van der Waals surface area (Å²) in [5.74, 6) is 0. The van der Waals surface area contributed by atoms with Crippen LogP contribution in [0.2, 0.25) is 0 Å². The summed E-state index contributed by atoms with van der Waals surface area (Å²) in [4.78, 5) is 15.7. The molecule has 0 saturated heterocycles. The molecular formula is C24H14N4OS. The Hall–Kier alpha value is -4.08. The lowest BCUT2D eigenvalue weighted by Gasteiger charge is -1.99. The molecule has 30 heavy (non-hydrogen) atoms. The van der Waals surface area contributed by atoms with E-state index in [2.05, 4.69) is 27.3 Å². The van der Waals surface area contributed by atoms with Crippen molar-refractivity contribution in [3.8, 4) is 17.2 Å². The second kappa shape index (κ2) is 7.39. The summed E-state index contributed by atoms with van der Waals surface area (Å²) in [6, 6.07) is 27.3. The molecule has 0 atom stereocenters. The van der Waals surface area contributed by atoms with Crippen molar-refractivity contribution in [2.24, 2.45) is 10.2 Å². The van der Waals surface area contributed by atoms with Crippen LogP contribution in [0.3, 0.4) is 0 Å². The average molecular weight is 406 g/mol. The number of fused-ring (bicyclic) bond motifs is 3. The van der Waals surface area contributed by atoms with Gasteiger partial charge in [-0.05, 0) is 34.4 Å². The molecule has 3 aromatic carbocycles. The minimum atomic E-state index is -0.237. The second-order valence-corrected chi connectivity index (χ2v) is 7.70. The van der Waals surface area contributed by atoms with Crippen LogP contribution < -0.4 is 14.8 Å². The molecule has 4 aromatic rings. The number of aromatic amines is 1. The van der Waals surface area contributed by atoms with Gasteiger partial charge >= 0.3 is 0 Å². The van der Waals surface area contributed by atoms with E-state index in [1.165, 1.54) is 11.3 Å². The van der Waals surface area contributed by atoms with Gasteiger partial charge in [0.15, 0.2) is 5.70 Å². The van der Waals surface area contributed by atoms with E-state index in [9.17, 15) is 10.1 Å². The fraction of sp³-hybridized carbons (Fsp3) is 0. The van der Waals surface area contributed by atoms with Crippen LogP contribution in [0.1, 0.15) is 11.1 Å². The second-order valence-electron chi connectivity index (χ2n) is 6.68. The van der Waals surface area contributed by atoms with E-state index in [4.69, 9.17) is 0 Å². The molecule has 6 heteroatoms. The first-order valence-corrected chi connectivity index (χ1v) is 10.1. The van der Waals surface area contributed by atoms with Gasteiger partial charge in [-0.25, -0.2) is 0 Å². The number of nitrogens with one attached hydrogen (secondary N) is 1. The van der Waals surface area contributed by atoms with E-state index in [-0.39, 0.29) is 11.3 Å². The molecular weight excluding hydrogens is 392 g/mol. The highest BCUT2D eigenvalue weighted by atomic mass is 32.1. The first kappa shape index (κ1) is 18.0. The van der Waals surface area contributed by atoms with Gasteiger partial charge in [0.05, 0.1) is 5.69 Å². The summed E-state index contributed by atoms with van der Waals surface area (Å²) in [5.41, 5.74) is 5.60. The van der Waals surface area contributed by atoms with Gasteiger partial charge in [0, 0.05) is 5.57 Å². The van der Waals surface area contributed by atoms with Crippen molar-refractivity contribution in [2.75, 3.05) is 0 Å². The fourth-order valence-electron chi connectivity index (χ4n) is 3.59. The molecule has 0 fully saturated rings. The monoisotopic (exact) mass is 406 g/mol. The molecule has 5 nitrogen and oxygen atoms in total. The highest BCUT2D eigenvalue weighted by Gasteiger charge is 2.24. The van der Waals surface area contributed by atoms with Crippen LogP contribution >= 0.6 is 11.3 Å². The molecule has 1 aliphatic rings. The Bertz CT molecular complexity index is 1470. The third-order valence-electron chi connectivity index (χ3n) is 4.89. The predicted molar refractivity (Wildman–Crippen MR) is 118 cm³/mol. The molecule has 0 spiro atoms. The maximum atomic E-state index is 12.9. The number of benzene rings is 3. The number of hydrogen-bond donors (Lipinski definition) is 1. The molecule has 5 rings (SSSR count). The number of nitriles is 1. The van der Waals surface area contributed by atoms with Gasteiger partial charge in [-0.2, -0.15) is 5.26 Å². The van der Waals surface area contributed by atoms with E-state index >= 15 is 0 Å². The van der Waals surface area contributed by atoms with Crippen molar-refractivity contribution in [1.82, 2.24) is 4.98 Å². The van der Waals surface area contributed by atoms with Crippen LogP contribution in [-0.2, 0) is 0 Å². The van der Waals surface area contributed by atoms with Crippen LogP contribution in [0.4, 0.5) is 5.69 Å². The quantitative estimate of drug-likeness (QED) is 0.448. The third-order valence-corrected chi connectivity index (χ3v) is 5.98. The number of nitrogens with zero attached hydrogens (tertiary/aromatic N) is 3.